The van der Waals surface area contributed by atoms with Crippen molar-refractivity contribution in [3.8, 4) is 17.0 Å². The molecule has 3 aromatic rings. The third-order valence-corrected chi connectivity index (χ3v) is 4.98. The maximum Gasteiger partial charge on any atom is 0.278 e. The summed E-state index contributed by atoms with van der Waals surface area (Å²) >= 11 is 0. The van der Waals surface area contributed by atoms with Crippen LogP contribution in [0.2, 0.25) is 0 Å². The van der Waals surface area contributed by atoms with Gasteiger partial charge in [0.2, 0.25) is 5.88 Å². The summed E-state index contributed by atoms with van der Waals surface area (Å²) in [5.74, 6) is -3.30. The molecule has 1 aliphatic heterocycles. The lowest BCUT2D eigenvalue weighted by atomic mass is 10.0. The maximum atomic E-state index is 13.1. The topological polar surface area (TPSA) is 60.3 Å². The number of fused-ring (bicyclic) bond motifs is 1. The fraction of sp³-hybridized carbons (Fsp3) is 0.318. The molecule has 0 atom stereocenters. The minimum atomic E-state index is -3.00. The summed E-state index contributed by atoms with van der Waals surface area (Å²) in [6.07, 6.45) is 3.45. The van der Waals surface area contributed by atoms with E-state index in [1.807, 2.05) is 44.4 Å². The van der Waals surface area contributed by atoms with Gasteiger partial charge in [0.15, 0.2) is 6.61 Å². The van der Waals surface area contributed by atoms with Crippen molar-refractivity contribution in [2.45, 2.75) is 32.9 Å². The molecule has 0 saturated carbocycles. The first-order chi connectivity index (χ1) is 14.2. The van der Waals surface area contributed by atoms with E-state index in [4.69, 9.17) is 4.74 Å². The van der Waals surface area contributed by atoms with Crippen molar-refractivity contribution in [1.82, 2.24) is 19.7 Å². The van der Waals surface area contributed by atoms with Crippen LogP contribution in [0.25, 0.3) is 11.1 Å². The largest absolute Gasteiger partial charge is 0.471 e. The third-order valence-electron chi connectivity index (χ3n) is 4.98. The van der Waals surface area contributed by atoms with E-state index in [1.54, 1.807) is 15.6 Å². The first-order valence-corrected chi connectivity index (χ1v) is 9.58. The summed E-state index contributed by atoms with van der Waals surface area (Å²) < 4.78 is 33.2. The fourth-order valence-electron chi connectivity index (χ4n) is 3.60. The summed E-state index contributed by atoms with van der Waals surface area (Å²) in [5, 5.41) is 4.36. The van der Waals surface area contributed by atoms with Gasteiger partial charge in [-0.15, -0.1) is 0 Å². The van der Waals surface area contributed by atoms with Gasteiger partial charge in [-0.25, -0.2) is 13.8 Å². The Labute approximate surface area is 173 Å². The Morgan fingerprint density at radius 2 is 1.93 bits per heavy atom. The Morgan fingerprint density at radius 3 is 2.57 bits per heavy atom. The van der Waals surface area contributed by atoms with E-state index in [-0.39, 0.29) is 17.4 Å². The molecule has 0 spiro atoms. The van der Waals surface area contributed by atoms with Crippen molar-refractivity contribution in [3.05, 3.63) is 65.1 Å². The number of halogens is 2. The van der Waals surface area contributed by atoms with Gasteiger partial charge in [-0.1, -0.05) is 24.3 Å². The Hall–Kier alpha value is -3.29. The number of carbonyl (C=O) groups is 1. The van der Waals surface area contributed by atoms with Gasteiger partial charge in [0.05, 0.1) is 5.69 Å². The van der Waals surface area contributed by atoms with Gasteiger partial charge in [-0.3, -0.25) is 9.48 Å². The van der Waals surface area contributed by atoms with E-state index in [1.165, 1.54) is 6.20 Å². The molecule has 1 amide bonds. The molecule has 3 heterocycles. The van der Waals surface area contributed by atoms with Crippen molar-refractivity contribution in [1.29, 1.82) is 0 Å². The van der Waals surface area contributed by atoms with Gasteiger partial charge >= 0.3 is 0 Å². The monoisotopic (exact) mass is 412 g/mol. The average molecular weight is 412 g/mol. The molecular weight excluding hydrogens is 390 g/mol. The Bertz CT molecular complexity index is 1090. The van der Waals surface area contributed by atoms with Gasteiger partial charge in [0, 0.05) is 45.0 Å². The normalized spacial score (nSPS) is 13.6. The molecule has 1 aliphatic rings. The van der Waals surface area contributed by atoms with Crippen LogP contribution < -0.4 is 4.74 Å². The van der Waals surface area contributed by atoms with E-state index >= 15 is 0 Å². The van der Waals surface area contributed by atoms with Crippen LogP contribution >= 0.6 is 0 Å². The van der Waals surface area contributed by atoms with Crippen LogP contribution in [0.3, 0.4) is 0 Å². The van der Waals surface area contributed by atoms with Crippen LogP contribution in [0.15, 0.2) is 42.7 Å². The van der Waals surface area contributed by atoms with Crippen LogP contribution in [0.4, 0.5) is 8.78 Å². The number of alkyl halides is 2. The molecule has 0 N–H and O–H groups in total. The van der Waals surface area contributed by atoms with Crippen LogP contribution in [0.5, 0.6) is 5.88 Å². The quantitative estimate of drug-likeness (QED) is 0.615. The van der Waals surface area contributed by atoms with Crippen molar-refractivity contribution >= 4 is 5.91 Å². The fourth-order valence-corrected chi connectivity index (χ4v) is 3.60. The van der Waals surface area contributed by atoms with E-state index in [0.29, 0.717) is 13.1 Å². The number of aryl methyl sites for hydroxylation is 2. The number of aromatic nitrogens is 3. The van der Waals surface area contributed by atoms with Crippen molar-refractivity contribution in [2.75, 3.05) is 6.61 Å². The van der Waals surface area contributed by atoms with Crippen molar-refractivity contribution < 1.29 is 18.3 Å². The molecule has 1 aromatic carbocycles. The summed E-state index contributed by atoms with van der Waals surface area (Å²) in [7, 11) is 1.88. The molecule has 2 aromatic heterocycles. The van der Waals surface area contributed by atoms with Crippen molar-refractivity contribution in [3.63, 3.8) is 0 Å². The maximum absolute atomic E-state index is 13.1. The van der Waals surface area contributed by atoms with Crippen LogP contribution in [-0.4, -0.2) is 38.1 Å². The number of rotatable bonds is 6. The zero-order valence-corrected chi connectivity index (χ0v) is 17.0. The molecule has 0 bridgehead atoms. The molecule has 30 heavy (non-hydrogen) atoms. The van der Waals surface area contributed by atoms with E-state index in [9.17, 15) is 13.6 Å². The second-order valence-corrected chi connectivity index (χ2v) is 7.67. The van der Waals surface area contributed by atoms with Gasteiger partial charge in [0.1, 0.15) is 5.56 Å². The lowest BCUT2D eigenvalue weighted by molar-refractivity contribution is -0.0245. The summed E-state index contributed by atoms with van der Waals surface area (Å²) in [6.45, 7) is 2.70. The molecule has 0 saturated heterocycles. The van der Waals surface area contributed by atoms with Gasteiger partial charge in [-0.2, -0.15) is 5.10 Å². The molecule has 6 nitrogen and oxygen atoms in total. The Morgan fingerprint density at radius 1 is 1.20 bits per heavy atom. The molecule has 0 aliphatic carbocycles. The zero-order valence-electron chi connectivity index (χ0n) is 17.0. The van der Waals surface area contributed by atoms with Gasteiger partial charge in [-0.05, 0) is 29.7 Å². The number of amides is 1. The lowest BCUT2D eigenvalue weighted by Gasteiger charge is -2.16. The number of pyridine rings is 1. The SMILES string of the molecule is Cc1nn(C)cc1-c1ccc(CN2Cc3ccnc(OCC(C)(F)F)c3C2=O)cc1. The van der Waals surface area contributed by atoms with Crippen LogP contribution in [0, 0.1) is 6.92 Å². The van der Waals surface area contributed by atoms with Crippen LogP contribution in [-0.2, 0) is 20.1 Å². The predicted octanol–water partition coefficient (Wildman–Crippen LogP) is 3.98. The predicted molar refractivity (Wildman–Crippen MR) is 107 cm³/mol. The standard InChI is InChI=1S/C22H22F2N4O2/c1-14-18(12-27(3)26-14)16-6-4-15(5-7-16)10-28-11-17-8-9-25-20(19(17)21(28)29)30-13-22(2,23)24/h4-9,12H,10-11,13H2,1-3H3. The number of benzene rings is 1. The van der Waals surface area contributed by atoms with Crippen molar-refractivity contribution in [2.24, 2.45) is 7.05 Å². The molecule has 156 valence electrons. The summed E-state index contributed by atoms with van der Waals surface area (Å²) in [4.78, 5) is 18.5. The first kappa shape index (κ1) is 20.0. The summed E-state index contributed by atoms with van der Waals surface area (Å²) in [6, 6.07) is 9.69. The smallest absolute Gasteiger partial charge is 0.278 e. The minimum Gasteiger partial charge on any atom is -0.471 e. The highest BCUT2D eigenvalue weighted by molar-refractivity contribution is 6.00. The first-order valence-electron chi connectivity index (χ1n) is 9.58. The van der Waals surface area contributed by atoms with Gasteiger partial charge in [0.25, 0.3) is 11.8 Å². The van der Waals surface area contributed by atoms with E-state index in [2.05, 4.69) is 10.1 Å². The number of hydrogen-bond donors (Lipinski definition) is 0. The molecule has 0 radical (unpaired) electrons. The molecular formula is C22H22F2N4O2. The number of hydrogen-bond acceptors (Lipinski definition) is 4. The zero-order chi connectivity index (χ0) is 21.5. The third kappa shape index (κ3) is 4.03. The van der Waals surface area contributed by atoms with Crippen LogP contribution in [0.1, 0.15) is 34.1 Å². The average Bonchev–Trinajstić information content (AvgIpc) is 3.19. The molecule has 0 fully saturated rings. The highest BCUT2D eigenvalue weighted by atomic mass is 19.3. The van der Waals surface area contributed by atoms with E-state index in [0.717, 1.165) is 34.9 Å². The second-order valence-electron chi connectivity index (χ2n) is 7.67. The highest BCUT2D eigenvalue weighted by Crippen LogP contribution is 2.31. The summed E-state index contributed by atoms with van der Waals surface area (Å²) in [5.41, 5.74) is 5.04. The minimum absolute atomic E-state index is 0.0380. The molecule has 4 rings (SSSR count). The Kier molecular flexibility index (Phi) is 5.01. The number of ether oxygens (including phenoxy) is 1. The molecule has 8 heteroatoms. The number of carbonyl (C=O) groups excluding carboxylic acids is 1. The number of nitrogens with zero attached hydrogens (tertiary/aromatic N) is 4. The second kappa shape index (κ2) is 7.51. The lowest BCUT2D eigenvalue weighted by Crippen LogP contribution is -2.25. The van der Waals surface area contributed by atoms with E-state index < -0.39 is 12.5 Å². The molecule has 0 unspecified atom stereocenters. The van der Waals surface area contributed by atoms with Gasteiger partial charge < -0.3 is 9.64 Å². The Balaban J connectivity index is 1.49. The highest BCUT2D eigenvalue weighted by Gasteiger charge is 2.33.